The molecule has 152 valence electrons. The maximum absolute atomic E-state index is 13.3. The normalized spacial score (nSPS) is 15.9. The zero-order valence-corrected chi connectivity index (χ0v) is 17.3. The summed E-state index contributed by atoms with van der Waals surface area (Å²) in [5.74, 6) is -0.521. The molecular formula is C23H22N4O2S. The molecule has 6 nitrogen and oxygen atoms in total. The largest absolute Gasteiger partial charge is 0.336 e. The van der Waals surface area contributed by atoms with E-state index in [4.69, 9.17) is 0 Å². The molecule has 0 spiro atoms. The number of rotatable bonds is 7. The van der Waals surface area contributed by atoms with E-state index in [1.165, 1.54) is 11.3 Å². The fraction of sp³-hybridized carbons (Fsp3) is 0.217. The highest BCUT2D eigenvalue weighted by atomic mass is 32.1. The molecule has 4 rings (SSSR count). The Balaban J connectivity index is 1.49. The molecule has 1 saturated heterocycles. The third-order valence-corrected chi connectivity index (χ3v) is 5.88. The van der Waals surface area contributed by atoms with Crippen LogP contribution in [0, 0.1) is 5.92 Å². The lowest BCUT2D eigenvalue weighted by atomic mass is 10.1. The van der Waals surface area contributed by atoms with Crippen molar-refractivity contribution in [2.24, 2.45) is 5.92 Å². The van der Waals surface area contributed by atoms with Crippen LogP contribution >= 0.6 is 11.3 Å². The number of likely N-dealkylation sites (tertiary alicyclic amines) is 1. The van der Waals surface area contributed by atoms with E-state index >= 15 is 0 Å². The standard InChI is InChI=1S/C23H22N4O2S/c1-2-12-27(23-25-20(16-30-23)17-8-4-3-5-9-17)22(29)18-13-21(28)26(14-18)15-19-10-6-7-11-24-19/h2-11,16,18H,1,12-15H2. The van der Waals surface area contributed by atoms with Crippen molar-refractivity contribution >= 4 is 28.3 Å². The molecule has 1 aliphatic rings. The van der Waals surface area contributed by atoms with E-state index in [0.717, 1.165) is 17.0 Å². The second-order valence-electron chi connectivity index (χ2n) is 7.12. The second kappa shape index (κ2) is 9.00. The van der Waals surface area contributed by atoms with Crippen LogP contribution in [0.15, 0.2) is 72.8 Å². The third kappa shape index (κ3) is 4.31. The van der Waals surface area contributed by atoms with Crippen LogP contribution in [-0.4, -0.2) is 39.8 Å². The Hall–Kier alpha value is -3.32. The predicted molar refractivity (Wildman–Crippen MR) is 118 cm³/mol. The zero-order valence-electron chi connectivity index (χ0n) is 16.5. The fourth-order valence-electron chi connectivity index (χ4n) is 3.52. The molecule has 2 amide bonds. The van der Waals surface area contributed by atoms with Gasteiger partial charge in [-0.3, -0.25) is 19.5 Å². The smallest absolute Gasteiger partial charge is 0.234 e. The number of hydrogen-bond donors (Lipinski definition) is 0. The van der Waals surface area contributed by atoms with Crippen LogP contribution in [0.2, 0.25) is 0 Å². The van der Waals surface area contributed by atoms with Gasteiger partial charge in [-0.2, -0.15) is 0 Å². The highest BCUT2D eigenvalue weighted by Crippen LogP contribution is 2.30. The van der Waals surface area contributed by atoms with E-state index in [2.05, 4.69) is 16.5 Å². The van der Waals surface area contributed by atoms with Crippen molar-refractivity contribution < 1.29 is 9.59 Å². The summed E-state index contributed by atoms with van der Waals surface area (Å²) >= 11 is 1.42. The van der Waals surface area contributed by atoms with Crippen molar-refractivity contribution in [1.82, 2.24) is 14.9 Å². The first-order valence-corrected chi connectivity index (χ1v) is 10.6. The Morgan fingerprint density at radius 3 is 2.77 bits per heavy atom. The molecule has 0 saturated carbocycles. The number of carbonyl (C=O) groups excluding carboxylic acids is 2. The summed E-state index contributed by atoms with van der Waals surface area (Å²) in [7, 11) is 0. The average Bonchev–Trinajstić information content (AvgIpc) is 3.40. The van der Waals surface area contributed by atoms with E-state index in [9.17, 15) is 9.59 Å². The molecule has 1 aliphatic heterocycles. The first-order chi connectivity index (χ1) is 14.7. The second-order valence-corrected chi connectivity index (χ2v) is 7.95. The van der Waals surface area contributed by atoms with E-state index in [0.29, 0.717) is 24.8 Å². The number of nitrogens with zero attached hydrogens (tertiary/aromatic N) is 4. The Labute approximate surface area is 179 Å². The lowest BCUT2D eigenvalue weighted by Crippen LogP contribution is -2.37. The summed E-state index contributed by atoms with van der Waals surface area (Å²) in [5.41, 5.74) is 2.65. The van der Waals surface area contributed by atoms with Gasteiger partial charge in [-0.15, -0.1) is 17.9 Å². The number of carbonyl (C=O) groups is 2. The quantitative estimate of drug-likeness (QED) is 0.548. The Bertz CT molecular complexity index is 1040. The van der Waals surface area contributed by atoms with Crippen LogP contribution in [-0.2, 0) is 16.1 Å². The van der Waals surface area contributed by atoms with Gasteiger partial charge in [-0.1, -0.05) is 42.5 Å². The van der Waals surface area contributed by atoms with Gasteiger partial charge in [0.2, 0.25) is 11.8 Å². The number of benzene rings is 1. The molecule has 0 N–H and O–H groups in total. The molecule has 1 aromatic carbocycles. The molecule has 30 heavy (non-hydrogen) atoms. The summed E-state index contributed by atoms with van der Waals surface area (Å²) in [4.78, 5) is 38.0. The van der Waals surface area contributed by atoms with Crippen LogP contribution in [0.1, 0.15) is 12.1 Å². The minimum Gasteiger partial charge on any atom is -0.336 e. The summed E-state index contributed by atoms with van der Waals surface area (Å²) in [5, 5.41) is 2.57. The summed E-state index contributed by atoms with van der Waals surface area (Å²) in [6.45, 7) is 4.94. The van der Waals surface area contributed by atoms with Crippen LogP contribution in [0.25, 0.3) is 11.3 Å². The number of anilines is 1. The minimum absolute atomic E-state index is 0.0262. The SMILES string of the molecule is C=CCN(C(=O)C1CC(=O)N(Cc2ccccn2)C1)c1nc(-c2ccccc2)cs1. The number of amides is 2. The van der Waals surface area contributed by atoms with Gasteiger partial charge in [0.05, 0.1) is 23.9 Å². The van der Waals surface area contributed by atoms with Crippen LogP contribution in [0.4, 0.5) is 5.13 Å². The van der Waals surface area contributed by atoms with Crippen molar-refractivity contribution in [1.29, 1.82) is 0 Å². The highest BCUT2D eigenvalue weighted by molar-refractivity contribution is 7.14. The van der Waals surface area contributed by atoms with Gasteiger partial charge in [-0.25, -0.2) is 4.98 Å². The molecule has 1 atom stereocenters. The summed E-state index contributed by atoms with van der Waals surface area (Å²) in [6.07, 6.45) is 3.59. The van der Waals surface area contributed by atoms with Gasteiger partial charge in [0.25, 0.3) is 0 Å². The van der Waals surface area contributed by atoms with E-state index in [-0.39, 0.29) is 18.2 Å². The Morgan fingerprint density at radius 1 is 1.23 bits per heavy atom. The van der Waals surface area contributed by atoms with Crippen LogP contribution in [0.5, 0.6) is 0 Å². The van der Waals surface area contributed by atoms with Gasteiger partial charge >= 0.3 is 0 Å². The summed E-state index contributed by atoms with van der Waals surface area (Å²) in [6, 6.07) is 15.5. The predicted octanol–water partition coefficient (Wildman–Crippen LogP) is 3.77. The van der Waals surface area contributed by atoms with E-state index in [1.807, 2.05) is 53.9 Å². The Kier molecular flexibility index (Phi) is 5.99. The van der Waals surface area contributed by atoms with Crippen LogP contribution in [0.3, 0.4) is 0 Å². The number of hydrogen-bond acceptors (Lipinski definition) is 5. The number of aromatic nitrogens is 2. The molecule has 0 radical (unpaired) electrons. The lowest BCUT2D eigenvalue weighted by molar-refractivity contribution is -0.128. The summed E-state index contributed by atoms with van der Waals surface area (Å²) < 4.78 is 0. The van der Waals surface area contributed by atoms with Crippen molar-refractivity contribution in [2.75, 3.05) is 18.0 Å². The first kappa shape index (κ1) is 20.0. The van der Waals surface area contributed by atoms with Gasteiger partial charge in [0.15, 0.2) is 5.13 Å². The first-order valence-electron chi connectivity index (χ1n) is 9.76. The van der Waals surface area contributed by atoms with Crippen molar-refractivity contribution in [3.05, 3.63) is 78.5 Å². The van der Waals surface area contributed by atoms with Crippen LogP contribution < -0.4 is 4.90 Å². The van der Waals surface area contributed by atoms with Gasteiger partial charge in [0.1, 0.15) is 0 Å². The zero-order chi connectivity index (χ0) is 20.9. The molecule has 7 heteroatoms. The maximum Gasteiger partial charge on any atom is 0.234 e. The van der Waals surface area contributed by atoms with Gasteiger partial charge in [0, 0.05) is 36.7 Å². The van der Waals surface area contributed by atoms with Crippen molar-refractivity contribution in [3.63, 3.8) is 0 Å². The van der Waals surface area contributed by atoms with Gasteiger partial charge < -0.3 is 4.90 Å². The molecule has 3 heterocycles. The molecule has 3 aromatic rings. The van der Waals surface area contributed by atoms with Crippen molar-refractivity contribution in [3.8, 4) is 11.3 Å². The molecule has 2 aromatic heterocycles. The molecule has 1 fully saturated rings. The molecule has 1 unspecified atom stereocenters. The van der Waals surface area contributed by atoms with E-state index < -0.39 is 5.92 Å². The third-order valence-electron chi connectivity index (χ3n) is 5.01. The minimum atomic E-state index is -0.398. The molecular weight excluding hydrogens is 396 g/mol. The number of pyridine rings is 1. The molecule has 0 aliphatic carbocycles. The highest BCUT2D eigenvalue weighted by Gasteiger charge is 2.37. The monoisotopic (exact) mass is 418 g/mol. The maximum atomic E-state index is 13.3. The molecule has 0 bridgehead atoms. The average molecular weight is 419 g/mol. The Morgan fingerprint density at radius 2 is 2.03 bits per heavy atom. The lowest BCUT2D eigenvalue weighted by Gasteiger charge is -2.22. The number of thiazole rings is 1. The van der Waals surface area contributed by atoms with Gasteiger partial charge in [-0.05, 0) is 12.1 Å². The van der Waals surface area contributed by atoms with E-state index in [1.54, 1.807) is 22.1 Å². The fourth-order valence-corrected chi connectivity index (χ4v) is 4.37. The topological polar surface area (TPSA) is 66.4 Å². The van der Waals surface area contributed by atoms with Crippen molar-refractivity contribution in [2.45, 2.75) is 13.0 Å².